The van der Waals surface area contributed by atoms with Crippen LogP contribution in [-0.2, 0) is 0 Å². The van der Waals surface area contributed by atoms with Crippen LogP contribution in [0.4, 0.5) is 9.80 Å². The van der Waals surface area contributed by atoms with Crippen molar-refractivity contribution in [1.82, 2.24) is 5.32 Å². The van der Waals surface area contributed by atoms with Gasteiger partial charge in [-0.2, -0.15) is 0 Å². The minimum absolute atomic E-state index is 0.231. The summed E-state index contributed by atoms with van der Waals surface area (Å²) in [6.45, 7) is 0.841. The van der Waals surface area contributed by atoms with Gasteiger partial charge in [-0.25, -0.2) is 4.79 Å². The van der Waals surface area contributed by atoms with Crippen LogP contribution in [0, 0.1) is 0 Å². The Bertz CT molecular complexity index is 526. The first-order valence-corrected chi connectivity index (χ1v) is 7.01. The summed E-state index contributed by atoms with van der Waals surface area (Å²) in [7, 11) is 1.62. The zero-order valence-electron chi connectivity index (χ0n) is 11.1. The molecule has 0 radical (unpaired) electrons. The molecule has 1 aromatic heterocycles. The van der Waals surface area contributed by atoms with Gasteiger partial charge in [0.2, 0.25) is 0 Å². The van der Waals surface area contributed by atoms with E-state index in [0.29, 0.717) is 13.2 Å². The average Bonchev–Trinajstić information content (AvgIpc) is 2.97. The lowest BCUT2D eigenvalue weighted by molar-refractivity contribution is 0.247. The van der Waals surface area contributed by atoms with Crippen LogP contribution in [-0.4, -0.2) is 26.3 Å². The highest BCUT2D eigenvalue weighted by Crippen LogP contribution is 2.16. The molecule has 0 bridgehead atoms. The molecule has 1 heterocycles. The summed E-state index contributed by atoms with van der Waals surface area (Å²) in [5, 5.41) is 8.18. The highest BCUT2D eigenvalue weighted by Gasteiger charge is 2.01. The lowest BCUT2D eigenvalue weighted by Crippen LogP contribution is -2.31. The predicted octanol–water partition coefficient (Wildman–Crippen LogP) is 2.96. The zero-order valence-corrected chi connectivity index (χ0v) is 11.9. The van der Waals surface area contributed by atoms with Crippen LogP contribution in [0.1, 0.15) is 0 Å². The summed E-state index contributed by atoms with van der Waals surface area (Å²) in [5.74, 6) is 1.53. The third-order valence-corrected chi connectivity index (χ3v) is 3.26. The van der Waals surface area contributed by atoms with Gasteiger partial charge in [0.1, 0.15) is 18.1 Å². The van der Waals surface area contributed by atoms with Crippen molar-refractivity contribution in [2.24, 2.45) is 0 Å². The van der Waals surface area contributed by atoms with Crippen LogP contribution in [0.2, 0.25) is 0 Å². The second-order valence-corrected chi connectivity index (χ2v) is 4.83. The molecule has 1 aromatic carbocycles. The largest absolute Gasteiger partial charge is 0.497 e. The van der Waals surface area contributed by atoms with E-state index in [9.17, 15) is 4.79 Å². The van der Waals surface area contributed by atoms with Crippen molar-refractivity contribution in [1.29, 1.82) is 0 Å². The van der Waals surface area contributed by atoms with Gasteiger partial charge in [0, 0.05) is 0 Å². The van der Waals surface area contributed by atoms with Gasteiger partial charge >= 0.3 is 6.03 Å². The van der Waals surface area contributed by atoms with Gasteiger partial charge in [-0.05, 0) is 41.8 Å². The van der Waals surface area contributed by atoms with Crippen LogP contribution in [0.3, 0.4) is 0 Å². The number of rotatable bonds is 6. The van der Waals surface area contributed by atoms with Crippen molar-refractivity contribution < 1.29 is 14.3 Å². The summed E-state index contributed by atoms with van der Waals surface area (Å²) in [4.78, 5) is 11.5. The topological polar surface area (TPSA) is 59.6 Å². The van der Waals surface area contributed by atoms with E-state index >= 15 is 0 Å². The summed E-state index contributed by atoms with van der Waals surface area (Å²) in [6.07, 6.45) is 0. The molecular formula is C14H16N2O3S. The number of benzene rings is 1. The number of carbonyl (C=O) groups is 1. The molecule has 0 aliphatic rings. The van der Waals surface area contributed by atoms with E-state index in [1.54, 1.807) is 7.11 Å². The fourth-order valence-electron chi connectivity index (χ4n) is 1.51. The van der Waals surface area contributed by atoms with E-state index in [1.165, 1.54) is 11.3 Å². The monoisotopic (exact) mass is 292 g/mol. The van der Waals surface area contributed by atoms with E-state index < -0.39 is 0 Å². The number of ether oxygens (including phenoxy) is 2. The predicted molar refractivity (Wildman–Crippen MR) is 79.8 cm³/mol. The van der Waals surface area contributed by atoms with Crippen molar-refractivity contribution in [3.05, 3.63) is 41.8 Å². The van der Waals surface area contributed by atoms with Gasteiger partial charge in [-0.15, -0.1) is 11.3 Å². The van der Waals surface area contributed by atoms with Gasteiger partial charge in [0.25, 0.3) is 0 Å². The molecule has 0 unspecified atom stereocenters. The van der Waals surface area contributed by atoms with E-state index in [1.807, 2.05) is 41.8 Å². The van der Waals surface area contributed by atoms with Crippen molar-refractivity contribution in [2.75, 3.05) is 25.6 Å². The van der Waals surface area contributed by atoms with Gasteiger partial charge in [0.15, 0.2) is 0 Å². The van der Waals surface area contributed by atoms with E-state index in [4.69, 9.17) is 9.47 Å². The molecule has 106 valence electrons. The summed E-state index contributed by atoms with van der Waals surface area (Å²) in [5.41, 5.74) is 0. The SMILES string of the molecule is COc1ccc(OCCNC(=O)Nc2cccs2)cc1. The highest BCUT2D eigenvalue weighted by molar-refractivity contribution is 7.14. The van der Waals surface area contributed by atoms with Crippen LogP contribution >= 0.6 is 11.3 Å². The molecule has 2 amide bonds. The standard InChI is InChI=1S/C14H16N2O3S/c1-18-11-4-6-12(7-5-11)19-9-8-15-14(17)16-13-3-2-10-20-13/h2-7,10H,8-9H2,1H3,(H2,15,16,17). The van der Waals surface area contributed by atoms with Crippen molar-refractivity contribution >= 4 is 22.4 Å². The van der Waals surface area contributed by atoms with E-state index in [-0.39, 0.29) is 6.03 Å². The molecule has 2 aromatic rings. The molecule has 6 heteroatoms. The minimum atomic E-state index is -0.231. The Morgan fingerprint density at radius 2 is 1.95 bits per heavy atom. The maximum Gasteiger partial charge on any atom is 0.319 e. The fraction of sp³-hybridized carbons (Fsp3) is 0.214. The Labute approximate surface area is 121 Å². The van der Waals surface area contributed by atoms with Crippen molar-refractivity contribution in [2.45, 2.75) is 0 Å². The molecule has 20 heavy (non-hydrogen) atoms. The van der Waals surface area contributed by atoms with E-state index in [0.717, 1.165) is 16.5 Å². The maximum atomic E-state index is 11.5. The van der Waals surface area contributed by atoms with Crippen molar-refractivity contribution in [3.8, 4) is 11.5 Å². The highest BCUT2D eigenvalue weighted by atomic mass is 32.1. The number of anilines is 1. The van der Waals surface area contributed by atoms with Gasteiger partial charge in [-0.1, -0.05) is 0 Å². The lowest BCUT2D eigenvalue weighted by Gasteiger charge is -2.08. The summed E-state index contributed by atoms with van der Waals surface area (Å²) < 4.78 is 10.6. The number of thiophene rings is 1. The normalized spacial score (nSPS) is 9.85. The zero-order chi connectivity index (χ0) is 14.2. The number of hydrogen-bond donors (Lipinski definition) is 2. The molecule has 0 saturated heterocycles. The van der Waals surface area contributed by atoms with Gasteiger partial charge < -0.3 is 14.8 Å². The summed E-state index contributed by atoms with van der Waals surface area (Å²) in [6, 6.07) is 10.8. The lowest BCUT2D eigenvalue weighted by atomic mass is 10.3. The maximum absolute atomic E-state index is 11.5. The average molecular weight is 292 g/mol. The second-order valence-electron chi connectivity index (χ2n) is 3.88. The second kappa shape index (κ2) is 7.40. The van der Waals surface area contributed by atoms with Gasteiger partial charge in [-0.3, -0.25) is 5.32 Å². The van der Waals surface area contributed by atoms with E-state index in [2.05, 4.69) is 10.6 Å². The van der Waals surface area contributed by atoms with Crippen molar-refractivity contribution in [3.63, 3.8) is 0 Å². The molecule has 0 aliphatic carbocycles. The molecule has 2 N–H and O–H groups in total. The van der Waals surface area contributed by atoms with Crippen LogP contribution < -0.4 is 20.1 Å². The number of hydrogen-bond acceptors (Lipinski definition) is 4. The Balaban J connectivity index is 1.64. The van der Waals surface area contributed by atoms with Crippen LogP contribution in [0.15, 0.2) is 41.8 Å². The first-order valence-electron chi connectivity index (χ1n) is 6.13. The number of carbonyl (C=O) groups excluding carboxylic acids is 1. The molecule has 2 rings (SSSR count). The Kier molecular flexibility index (Phi) is 5.25. The molecular weight excluding hydrogens is 276 g/mol. The Morgan fingerprint density at radius 1 is 1.20 bits per heavy atom. The quantitative estimate of drug-likeness (QED) is 0.805. The minimum Gasteiger partial charge on any atom is -0.497 e. The van der Waals surface area contributed by atoms with Crippen LogP contribution in [0.5, 0.6) is 11.5 Å². The fourth-order valence-corrected chi connectivity index (χ4v) is 2.12. The number of amides is 2. The molecule has 0 spiro atoms. The first kappa shape index (κ1) is 14.2. The Morgan fingerprint density at radius 3 is 2.60 bits per heavy atom. The third-order valence-electron chi connectivity index (χ3n) is 2.47. The molecule has 0 fully saturated rings. The van der Waals surface area contributed by atoms with Gasteiger partial charge in [0.05, 0.1) is 18.7 Å². The number of urea groups is 1. The number of methoxy groups -OCH3 is 1. The Hall–Kier alpha value is -2.21. The molecule has 0 atom stereocenters. The number of nitrogens with one attached hydrogen (secondary N) is 2. The summed E-state index contributed by atoms with van der Waals surface area (Å²) >= 11 is 1.48. The third kappa shape index (κ3) is 4.47. The molecule has 0 aliphatic heterocycles. The first-order chi connectivity index (χ1) is 9.78. The molecule has 0 saturated carbocycles. The smallest absolute Gasteiger partial charge is 0.319 e. The van der Waals surface area contributed by atoms with Crippen LogP contribution in [0.25, 0.3) is 0 Å². The molecule has 5 nitrogen and oxygen atoms in total.